The van der Waals surface area contributed by atoms with Crippen LogP contribution in [0.25, 0.3) is 5.65 Å². The number of aromatic amines is 1. The molecule has 0 spiro atoms. The van der Waals surface area contributed by atoms with Gasteiger partial charge in [-0.15, -0.1) is 0 Å². The molecule has 3 atom stereocenters. The van der Waals surface area contributed by atoms with E-state index in [1.165, 1.54) is 7.11 Å². The number of carbonyl (C=O) groups is 1. The molecule has 0 unspecified atom stereocenters. The number of ether oxygens (including phenoxy) is 3. The van der Waals surface area contributed by atoms with Crippen LogP contribution in [0.1, 0.15) is 44.0 Å². The number of H-pyrrole nitrogens is 1. The summed E-state index contributed by atoms with van der Waals surface area (Å²) in [5.74, 6) is 0.828. The zero-order valence-corrected chi connectivity index (χ0v) is 19.0. The number of amides is 1. The molecule has 11 nitrogen and oxygen atoms in total. The predicted molar refractivity (Wildman–Crippen MR) is 118 cm³/mol. The molecule has 1 aliphatic rings. The lowest BCUT2D eigenvalue weighted by atomic mass is 10.0. The topological polar surface area (TPSA) is 128 Å². The van der Waals surface area contributed by atoms with E-state index in [-0.39, 0.29) is 6.04 Å². The molecule has 3 heterocycles. The molecule has 3 aromatic heterocycles. The number of anilines is 2. The van der Waals surface area contributed by atoms with Crippen LogP contribution in [-0.2, 0) is 16.1 Å². The summed E-state index contributed by atoms with van der Waals surface area (Å²) in [6.07, 6.45) is 0.0494. The molecule has 33 heavy (non-hydrogen) atoms. The van der Waals surface area contributed by atoms with E-state index < -0.39 is 24.3 Å². The Labute approximate surface area is 190 Å². The smallest absolute Gasteiger partial charge is 0.407 e. The molecule has 3 N–H and O–H groups in total. The first-order chi connectivity index (χ1) is 15.9. The van der Waals surface area contributed by atoms with E-state index in [4.69, 9.17) is 14.2 Å². The summed E-state index contributed by atoms with van der Waals surface area (Å²) in [5.41, 5.74) is 1.98. The van der Waals surface area contributed by atoms with Gasteiger partial charge in [-0.1, -0.05) is 0 Å². The highest BCUT2D eigenvalue weighted by atomic mass is 19.1. The SMILES string of the molecule is COCc1cn2c(Nc3cc([C@@H]4CC[C@H](OC(=O)NC(C)C)[C@@H]4F)[nH]n3)nc(OC)cc2n1. The van der Waals surface area contributed by atoms with Crippen molar-refractivity contribution >= 4 is 23.5 Å². The minimum Gasteiger partial charge on any atom is -0.481 e. The first-order valence-electron chi connectivity index (χ1n) is 10.7. The fourth-order valence-corrected chi connectivity index (χ4v) is 3.91. The van der Waals surface area contributed by atoms with Crippen LogP contribution in [0, 0.1) is 0 Å². The van der Waals surface area contributed by atoms with Crippen molar-refractivity contribution in [2.75, 3.05) is 19.5 Å². The van der Waals surface area contributed by atoms with Crippen molar-refractivity contribution in [1.29, 1.82) is 0 Å². The number of nitrogens with one attached hydrogen (secondary N) is 3. The van der Waals surface area contributed by atoms with Gasteiger partial charge in [-0.05, 0) is 26.7 Å². The Morgan fingerprint density at radius 3 is 2.85 bits per heavy atom. The number of hydrogen-bond donors (Lipinski definition) is 3. The van der Waals surface area contributed by atoms with Gasteiger partial charge >= 0.3 is 6.09 Å². The molecule has 1 amide bonds. The maximum atomic E-state index is 15.0. The molecule has 0 saturated heterocycles. The van der Waals surface area contributed by atoms with Gasteiger partial charge in [0.2, 0.25) is 11.8 Å². The fraction of sp³-hybridized carbons (Fsp3) is 0.524. The number of carbonyl (C=O) groups excluding carboxylic acids is 1. The molecule has 12 heteroatoms. The Hall–Kier alpha value is -3.41. The molecular weight excluding hydrogens is 433 g/mol. The standard InChI is InChI=1S/C21H28FN7O4/c1-11(2)23-21(30)33-15-6-5-13(19(15)22)14-7-16(28-27-14)25-20-26-18(32-4)8-17-24-12(10-31-3)9-29(17)20/h7-9,11,13,15,19H,5-6,10H2,1-4H3,(H,23,30)(H2,25,26,27,28)/t13-,15-,19+/m0/s1. The van der Waals surface area contributed by atoms with Gasteiger partial charge in [0.25, 0.3) is 0 Å². The quantitative estimate of drug-likeness (QED) is 0.467. The van der Waals surface area contributed by atoms with Crippen molar-refractivity contribution in [2.45, 2.75) is 57.5 Å². The molecule has 0 bridgehead atoms. The molecule has 1 fully saturated rings. The van der Waals surface area contributed by atoms with Crippen LogP contribution in [-0.4, -0.2) is 63.2 Å². The Morgan fingerprint density at radius 2 is 2.12 bits per heavy atom. The van der Waals surface area contributed by atoms with Crippen LogP contribution >= 0.6 is 0 Å². The van der Waals surface area contributed by atoms with E-state index in [0.717, 1.165) is 5.69 Å². The molecule has 1 aliphatic carbocycles. The first kappa shape index (κ1) is 22.8. The Bertz CT molecular complexity index is 1120. The van der Waals surface area contributed by atoms with Crippen LogP contribution in [0.5, 0.6) is 5.88 Å². The molecule has 0 radical (unpaired) electrons. The van der Waals surface area contributed by atoms with Crippen molar-refractivity contribution in [3.63, 3.8) is 0 Å². The van der Waals surface area contributed by atoms with Crippen molar-refractivity contribution in [3.05, 3.63) is 29.7 Å². The lowest BCUT2D eigenvalue weighted by molar-refractivity contribution is 0.0555. The lowest BCUT2D eigenvalue weighted by Gasteiger charge is -2.18. The van der Waals surface area contributed by atoms with Gasteiger partial charge in [0.1, 0.15) is 17.9 Å². The number of aromatic nitrogens is 5. The van der Waals surface area contributed by atoms with Crippen molar-refractivity contribution in [2.24, 2.45) is 0 Å². The highest BCUT2D eigenvalue weighted by Crippen LogP contribution is 2.38. The van der Waals surface area contributed by atoms with Gasteiger partial charge in [-0.3, -0.25) is 9.50 Å². The molecule has 3 aromatic rings. The van der Waals surface area contributed by atoms with Crippen LogP contribution in [0.3, 0.4) is 0 Å². The second-order valence-corrected chi connectivity index (χ2v) is 8.22. The monoisotopic (exact) mass is 461 g/mol. The predicted octanol–water partition coefficient (Wildman–Crippen LogP) is 3.07. The summed E-state index contributed by atoms with van der Waals surface area (Å²) in [7, 11) is 3.12. The van der Waals surface area contributed by atoms with Gasteiger partial charge in [0.15, 0.2) is 5.82 Å². The lowest BCUT2D eigenvalue weighted by Crippen LogP contribution is -2.36. The van der Waals surface area contributed by atoms with E-state index in [1.54, 1.807) is 29.8 Å². The molecule has 4 rings (SSSR count). The van der Waals surface area contributed by atoms with Crippen molar-refractivity contribution in [1.82, 2.24) is 29.9 Å². The van der Waals surface area contributed by atoms with Crippen LogP contribution in [0.2, 0.25) is 0 Å². The maximum Gasteiger partial charge on any atom is 0.407 e. The summed E-state index contributed by atoms with van der Waals surface area (Å²) >= 11 is 0. The third kappa shape index (κ3) is 5.00. The van der Waals surface area contributed by atoms with Crippen LogP contribution in [0.15, 0.2) is 18.3 Å². The Morgan fingerprint density at radius 1 is 1.30 bits per heavy atom. The van der Waals surface area contributed by atoms with Gasteiger partial charge in [0, 0.05) is 43.1 Å². The van der Waals surface area contributed by atoms with Crippen molar-refractivity contribution in [3.8, 4) is 5.88 Å². The summed E-state index contributed by atoms with van der Waals surface area (Å²) in [6.45, 7) is 3.99. The highest BCUT2D eigenvalue weighted by molar-refractivity contribution is 5.67. The van der Waals surface area contributed by atoms with E-state index in [0.29, 0.717) is 48.4 Å². The van der Waals surface area contributed by atoms with Gasteiger partial charge in [-0.25, -0.2) is 14.2 Å². The third-order valence-electron chi connectivity index (χ3n) is 5.39. The number of imidazole rings is 1. The van der Waals surface area contributed by atoms with Crippen molar-refractivity contribution < 1.29 is 23.4 Å². The number of hydrogen-bond acceptors (Lipinski definition) is 8. The number of halogens is 1. The number of nitrogens with zero attached hydrogens (tertiary/aromatic N) is 4. The largest absolute Gasteiger partial charge is 0.481 e. The third-order valence-corrected chi connectivity index (χ3v) is 5.39. The molecule has 178 valence electrons. The average molecular weight is 461 g/mol. The second-order valence-electron chi connectivity index (χ2n) is 8.22. The summed E-state index contributed by atoms with van der Waals surface area (Å²) in [4.78, 5) is 20.8. The molecular formula is C21H28FN7O4. The second kappa shape index (κ2) is 9.61. The number of fused-ring (bicyclic) bond motifs is 1. The average Bonchev–Trinajstić information content (AvgIpc) is 3.47. The number of alkyl halides is 1. The van der Waals surface area contributed by atoms with E-state index in [1.807, 2.05) is 13.8 Å². The van der Waals surface area contributed by atoms with Crippen LogP contribution in [0.4, 0.5) is 21.0 Å². The Kier molecular flexibility index (Phi) is 6.63. The normalized spacial score (nSPS) is 20.4. The Balaban J connectivity index is 1.49. The zero-order chi connectivity index (χ0) is 23.5. The minimum atomic E-state index is -1.33. The zero-order valence-electron chi connectivity index (χ0n) is 19.0. The summed E-state index contributed by atoms with van der Waals surface area (Å²) < 4.78 is 32.5. The summed E-state index contributed by atoms with van der Waals surface area (Å²) in [5, 5.41) is 12.9. The number of rotatable bonds is 8. The summed E-state index contributed by atoms with van der Waals surface area (Å²) in [6, 6.07) is 3.36. The van der Waals surface area contributed by atoms with E-state index >= 15 is 4.39 Å². The first-order valence-corrected chi connectivity index (χ1v) is 10.7. The van der Waals surface area contributed by atoms with Gasteiger partial charge in [-0.2, -0.15) is 10.1 Å². The number of methoxy groups -OCH3 is 2. The highest BCUT2D eigenvalue weighted by Gasteiger charge is 2.40. The molecule has 0 aromatic carbocycles. The maximum absolute atomic E-state index is 15.0. The van der Waals surface area contributed by atoms with E-state index in [9.17, 15) is 4.79 Å². The fourth-order valence-electron chi connectivity index (χ4n) is 3.91. The van der Waals surface area contributed by atoms with Gasteiger partial charge in [0.05, 0.1) is 19.4 Å². The molecule has 0 aliphatic heterocycles. The van der Waals surface area contributed by atoms with E-state index in [2.05, 4.69) is 30.8 Å². The number of alkyl carbamates (subject to hydrolysis) is 1. The molecule has 1 saturated carbocycles. The minimum absolute atomic E-state index is 0.0771. The van der Waals surface area contributed by atoms with Crippen LogP contribution < -0.4 is 15.4 Å². The van der Waals surface area contributed by atoms with Gasteiger partial charge < -0.3 is 24.8 Å².